The number of carbonyl (C=O) groups is 2. The number of carboxylic acid groups (broad SMARTS) is 1. The van der Waals surface area contributed by atoms with Crippen molar-refractivity contribution in [1.29, 1.82) is 0 Å². The van der Waals surface area contributed by atoms with Gasteiger partial charge >= 0.3 is 5.97 Å². The van der Waals surface area contributed by atoms with Gasteiger partial charge in [-0.15, -0.1) is 0 Å². The molecule has 0 spiro atoms. The summed E-state index contributed by atoms with van der Waals surface area (Å²) in [6, 6.07) is -0.985. The predicted octanol–water partition coefficient (Wildman–Crippen LogP) is 1.99. The van der Waals surface area contributed by atoms with Crippen LogP contribution in [0, 0.1) is 46.3 Å². The van der Waals surface area contributed by atoms with Crippen LogP contribution in [0.15, 0.2) is 4.99 Å². The number of carbonyl (C=O) groups excluding carboxylic acids is 1. The molecular weight excluding hydrogens is 512 g/mol. The molecule has 0 bridgehead atoms. The highest BCUT2D eigenvalue weighted by molar-refractivity contribution is 5.83. The van der Waals surface area contributed by atoms with Gasteiger partial charge in [0.25, 0.3) is 0 Å². The minimum Gasteiger partial charge on any atom is -0.480 e. The van der Waals surface area contributed by atoms with Crippen LogP contribution in [0.5, 0.6) is 0 Å². The first-order valence-electron chi connectivity index (χ1n) is 15.4. The smallest absolute Gasteiger partial charge is 0.326 e. The summed E-state index contributed by atoms with van der Waals surface area (Å²) in [6.07, 6.45) is 6.17. The molecule has 1 amide bonds. The summed E-state index contributed by atoms with van der Waals surface area (Å²) in [4.78, 5) is 28.2. The van der Waals surface area contributed by atoms with Crippen LogP contribution in [0.1, 0.15) is 91.4 Å². The highest BCUT2D eigenvalue weighted by Gasteiger charge is 2.65. The molecule has 10 nitrogen and oxygen atoms in total. The number of nitrogens with one attached hydrogen (secondary N) is 1. The van der Waals surface area contributed by atoms with Crippen LogP contribution in [0.25, 0.3) is 0 Å². The minimum absolute atomic E-state index is 0.0389. The van der Waals surface area contributed by atoms with Gasteiger partial charge in [0.2, 0.25) is 5.91 Å². The van der Waals surface area contributed by atoms with E-state index in [0.29, 0.717) is 31.7 Å². The van der Waals surface area contributed by atoms with Crippen LogP contribution in [-0.2, 0) is 9.59 Å². The Hall–Kier alpha value is -1.91. The summed E-state index contributed by atoms with van der Waals surface area (Å²) in [5.74, 6) is -0.0896. The number of aliphatic carboxylic acids is 1. The molecule has 0 aromatic carbocycles. The fraction of sp³-hybridized carbons (Fsp3) is 0.900. The number of guanidine groups is 1. The molecule has 4 fully saturated rings. The Morgan fingerprint density at radius 1 is 1.02 bits per heavy atom. The summed E-state index contributed by atoms with van der Waals surface area (Å²) >= 11 is 0. The largest absolute Gasteiger partial charge is 0.480 e. The van der Waals surface area contributed by atoms with Crippen molar-refractivity contribution in [2.75, 3.05) is 6.54 Å². The third-order valence-corrected chi connectivity index (χ3v) is 11.9. The van der Waals surface area contributed by atoms with Gasteiger partial charge in [0.1, 0.15) is 6.04 Å². The number of amides is 1. The van der Waals surface area contributed by atoms with Crippen molar-refractivity contribution in [1.82, 2.24) is 5.32 Å². The average Bonchev–Trinajstić information content (AvgIpc) is 3.24. The molecule has 1 unspecified atom stereocenters. The number of aliphatic imine (C=N–C) groups is 1. The van der Waals surface area contributed by atoms with Crippen molar-refractivity contribution >= 4 is 17.8 Å². The molecule has 4 rings (SSSR count). The molecule has 0 aromatic rings. The number of hydrogen-bond acceptors (Lipinski definition) is 6. The Morgan fingerprint density at radius 2 is 1.75 bits per heavy atom. The Labute approximate surface area is 238 Å². The SMILES string of the molecule is C[C@H](CCC(=O)NC(CCCN=C(N)N)C(=O)O)[C@H]1CC[C@H]2[C@@H]3[C@H](O)C[C@@H]4C[C@H](O)CC[C@]4(C)[C@H]3C[C@H](O)[C@]12C. The number of aliphatic hydroxyl groups is 3. The standard InChI is InChI=1S/C30H52N4O6/c1-16(6-9-25(38)34-22(27(39)40)5-4-12-33-28(31)32)19-7-8-20-26-21(15-24(37)30(19,20)3)29(2)11-10-18(35)13-17(29)14-23(26)36/h16-24,26,35-37H,4-15H2,1-3H3,(H,34,38)(H,39,40)(H4,31,32,33)/t16-,17+,18-,19-,20+,21+,22?,23-,24+,26+,29+,30-/m1/s1. The summed E-state index contributed by atoms with van der Waals surface area (Å²) in [6.45, 7) is 6.99. The van der Waals surface area contributed by atoms with Gasteiger partial charge in [-0.3, -0.25) is 9.79 Å². The maximum Gasteiger partial charge on any atom is 0.326 e. The number of carboxylic acids is 1. The molecule has 0 aliphatic heterocycles. The average molecular weight is 565 g/mol. The van der Waals surface area contributed by atoms with Gasteiger partial charge in [-0.2, -0.15) is 0 Å². The lowest BCUT2D eigenvalue weighted by molar-refractivity contribution is -0.207. The van der Waals surface area contributed by atoms with Gasteiger partial charge in [-0.25, -0.2) is 4.79 Å². The summed E-state index contributed by atoms with van der Waals surface area (Å²) in [5, 5.41) is 45.7. The van der Waals surface area contributed by atoms with Crippen LogP contribution >= 0.6 is 0 Å². The second-order valence-corrected chi connectivity index (χ2v) is 13.9. The van der Waals surface area contributed by atoms with Crippen LogP contribution in [0.2, 0.25) is 0 Å². The summed E-state index contributed by atoms with van der Waals surface area (Å²) < 4.78 is 0. The number of rotatable bonds is 10. The Kier molecular flexibility index (Phi) is 9.42. The van der Waals surface area contributed by atoms with Gasteiger partial charge in [0.05, 0.1) is 18.3 Å². The van der Waals surface area contributed by atoms with Crippen molar-refractivity contribution in [3.63, 3.8) is 0 Å². The first-order chi connectivity index (χ1) is 18.8. The maximum absolute atomic E-state index is 12.7. The van der Waals surface area contributed by atoms with E-state index in [1.54, 1.807) is 0 Å². The monoisotopic (exact) mass is 564 g/mol. The van der Waals surface area contributed by atoms with Crippen molar-refractivity contribution in [3.8, 4) is 0 Å². The van der Waals surface area contributed by atoms with E-state index in [1.165, 1.54) is 0 Å². The first-order valence-corrected chi connectivity index (χ1v) is 15.4. The van der Waals surface area contributed by atoms with E-state index in [2.05, 4.69) is 31.1 Å². The highest BCUT2D eigenvalue weighted by atomic mass is 16.4. The molecule has 4 saturated carbocycles. The van der Waals surface area contributed by atoms with E-state index in [-0.39, 0.29) is 71.2 Å². The normalized spacial score (nSPS) is 42.0. The lowest BCUT2D eigenvalue weighted by Crippen LogP contribution is -2.62. The fourth-order valence-electron chi connectivity index (χ4n) is 9.72. The number of aliphatic hydroxyl groups excluding tert-OH is 3. The zero-order chi connectivity index (χ0) is 29.4. The Bertz CT molecular complexity index is 958. The second-order valence-electron chi connectivity index (χ2n) is 13.9. The zero-order valence-electron chi connectivity index (χ0n) is 24.5. The quantitative estimate of drug-likeness (QED) is 0.119. The van der Waals surface area contributed by atoms with Gasteiger partial charge in [0.15, 0.2) is 5.96 Å². The lowest BCUT2D eigenvalue weighted by Gasteiger charge is -2.63. The number of fused-ring (bicyclic) bond motifs is 5. The topological polar surface area (TPSA) is 191 Å². The molecule has 0 heterocycles. The Morgan fingerprint density at radius 3 is 2.42 bits per heavy atom. The molecular formula is C30H52N4O6. The number of nitrogens with zero attached hydrogens (tertiary/aromatic N) is 1. The van der Waals surface area contributed by atoms with E-state index in [1.807, 2.05) is 0 Å². The molecule has 9 N–H and O–H groups in total. The molecule has 0 aromatic heterocycles. The second kappa shape index (κ2) is 12.1. The molecule has 4 aliphatic carbocycles. The van der Waals surface area contributed by atoms with E-state index in [9.17, 15) is 30.0 Å². The summed E-state index contributed by atoms with van der Waals surface area (Å²) in [5.41, 5.74) is 10.3. The van der Waals surface area contributed by atoms with E-state index < -0.39 is 24.2 Å². The van der Waals surface area contributed by atoms with E-state index >= 15 is 0 Å². The first kappa shape index (κ1) is 31.0. The highest BCUT2D eigenvalue weighted by Crippen LogP contribution is 2.68. The predicted molar refractivity (Wildman–Crippen MR) is 152 cm³/mol. The van der Waals surface area contributed by atoms with Crippen LogP contribution in [0.4, 0.5) is 0 Å². The summed E-state index contributed by atoms with van der Waals surface area (Å²) in [7, 11) is 0. The molecule has 0 saturated heterocycles. The fourth-order valence-corrected chi connectivity index (χ4v) is 9.72. The van der Waals surface area contributed by atoms with Gasteiger partial charge in [0, 0.05) is 13.0 Å². The van der Waals surface area contributed by atoms with Crippen molar-refractivity contribution in [2.24, 2.45) is 62.8 Å². The van der Waals surface area contributed by atoms with Crippen molar-refractivity contribution in [2.45, 2.75) is 116 Å². The molecule has 12 atom stereocenters. The number of hydrogen-bond donors (Lipinski definition) is 7. The molecule has 4 aliphatic rings. The third-order valence-electron chi connectivity index (χ3n) is 11.9. The minimum atomic E-state index is -1.08. The van der Waals surface area contributed by atoms with Crippen LogP contribution < -0.4 is 16.8 Å². The van der Waals surface area contributed by atoms with Gasteiger partial charge in [-0.1, -0.05) is 20.8 Å². The zero-order valence-corrected chi connectivity index (χ0v) is 24.5. The van der Waals surface area contributed by atoms with Crippen LogP contribution in [0.3, 0.4) is 0 Å². The maximum atomic E-state index is 12.7. The molecule has 40 heavy (non-hydrogen) atoms. The lowest BCUT2D eigenvalue weighted by atomic mass is 9.43. The van der Waals surface area contributed by atoms with E-state index in [0.717, 1.165) is 38.5 Å². The van der Waals surface area contributed by atoms with Crippen molar-refractivity contribution < 1.29 is 30.0 Å². The third kappa shape index (κ3) is 5.86. The Balaban J connectivity index is 1.38. The molecule has 0 radical (unpaired) electrons. The van der Waals surface area contributed by atoms with Crippen molar-refractivity contribution in [3.05, 3.63) is 0 Å². The number of nitrogens with two attached hydrogens (primary N) is 2. The van der Waals surface area contributed by atoms with E-state index in [4.69, 9.17) is 11.5 Å². The molecule has 10 heteroatoms. The van der Waals surface area contributed by atoms with Gasteiger partial charge in [-0.05, 0) is 111 Å². The van der Waals surface area contributed by atoms with Gasteiger partial charge < -0.3 is 37.2 Å². The molecule has 228 valence electrons. The van der Waals surface area contributed by atoms with Crippen LogP contribution in [-0.4, -0.2) is 69.2 Å².